The molecule has 5 heteroatoms. The topological polar surface area (TPSA) is 50.5 Å². The highest BCUT2D eigenvalue weighted by molar-refractivity contribution is 6.03. The first kappa shape index (κ1) is 20.8. The number of para-hydroxylation sites is 1. The van der Waals surface area contributed by atoms with E-state index in [-0.39, 0.29) is 5.88 Å². The number of hydrogen-bond acceptors (Lipinski definition) is 4. The molecule has 0 amide bonds. The second-order valence-corrected chi connectivity index (χ2v) is 8.79. The highest BCUT2D eigenvalue weighted by atomic mass is 16.5. The minimum absolute atomic E-state index is 0.267. The quantitative estimate of drug-likeness (QED) is 0.416. The Bertz CT molecular complexity index is 1190. The molecule has 4 aromatic rings. The summed E-state index contributed by atoms with van der Waals surface area (Å²) in [4.78, 5) is 7.33. The number of aromatic nitrogens is 2. The molecule has 2 aromatic carbocycles. The van der Waals surface area contributed by atoms with Crippen LogP contribution in [0.15, 0.2) is 60.8 Å². The number of nitrogens with zero attached hydrogens (tertiary/aromatic N) is 3. The highest BCUT2D eigenvalue weighted by Crippen LogP contribution is 2.39. The van der Waals surface area contributed by atoms with Crippen molar-refractivity contribution in [2.75, 3.05) is 19.7 Å². The number of rotatable bonds is 7. The van der Waals surface area contributed by atoms with Crippen LogP contribution in [-0.4, -0.2) is 39.3 Å². The van der Waals surface area contributed by atoms with Crippen LogP contribution < -0.4 is 4.74 Å². The minimum atomic E-state index is 0.267. The minimum Gasteiger partial charge on any atom is -0.494 e. The van der Waals surface area contributed by atoms with Gasteiger partial charge in [0.25, 0.3) is 0 Å². The Morgan fingerprint density at radius 2 is 1.75 bits per heavy atom. The predicted octanol–water partition coefficient (Wildman–Crippen LogP) is 5.60. The number of aromatic hydroxyl groups is 1. The number of pyridine rings is 1. The van der Waals surface area contributed by atoms with Crippen LogP contribution >= 0.6 is 0 Å². The second kappa shape index (κ2) is 9.21. The molecule has 166 valence electrons. The fourth-order valence-corrected chi connectivity index (χ4v) is 4.92. The Balaban J connectivity index is 1.27. The predicted molar refractivity (Wildman–Crippen MR) is 129 cm³/mol. The van der Waals surface area contributed by atoms with E-state index in [1.807, 2.05) is 42.0 Å². The lowest BCUT2D eigenvalue weighted by Crippen LogP contribution is -2.33. The molecular formula is C27H31N3O2. The van der Waals surface area contributed by atoms with Gasteiger partial charge in [0.05, 0.1) is 17.6 Å². The first-order valence-electron chi connectivity index (χ1n) is 11.7. The van der Waals surface area contributed by atoms with Crippen molar-refractivity contribution in [2.45, 2.75) is 39.3 Å². The standard InChI is InChI=1S/C27H31N3O2/c1-2-32-26-22-10-6-7-11-23(22)28-24-19-30(27(31)25(24)26)17-14-20-12-15-29(16-13-20)18-21-8-4-3-5-9-21/h3-11,19-20,31H,2,12-18H2,1H3. The molecule has 2 aromatic heterocycles. The first-order valence-corrected chi connectivity index (χ1v) is 11.7. The smallest absolute Gasteiger partial charge is 0.204 e. The van der Waals surface area contributed by atoms with Crippen LogP contribution in [-0.2, 0) is 13.1 Å². The number of ether oxygens (including phenoxy) is 1. The van der Waals surface area contributed by atoms with Crippen LogP contribution in [0.3, 0.4) is 0 Å². The molecule has 0 atom stereocenters. The van der Waals surface area contributed by atoms with E-state index in [0.717, 1.165) is 60.2 Å². The molecule has 1 aliphatic heterocycles. The summed E-state index contributed by atoms with van der Waals surface area (Å²) in [6, 6.07) is 18.7. The van der Waals surface area contributed by atoms with Crippen LogP contribution in [0.5, 0.6) is 11.6 Å². The summed E-state index contributed by atoms with van der Waals surface area (Å²) in [6.45, 7) is 6.64. The van der Waals surface area contributed by atoms with Crippen LogP contribution in [0, 0.1) is 5.92 Å². The van der Waals surface area contributed by atoms with Crippen molar-refractivity contribution in [3.63, 3.8) is 0 Å². The van der Waals surface area contributed by atoms with Crippen molar-refractivity contribution in [3.05, 3.63) is 66.4 Å². The number of piperidine rings is 1. The normalized spacial score (nSPS) is 15.5. The van der Waals surface area contributed by atoms with Gasteiger partial charge in [0, 0.05) is 24.7 Å². The molecule has 32 heavy (non-hydrogen) atoms. The molecule has 1 aliphatic rings. The van der Waals surface area contributed by atoms with Gasteiger partial charge in [-0.3, -0.25) is 4.90 Å². The Kier molecular flexibility index (Phi) is 5.99. The van der Waals surface area contributed by atoms with Crippen molar-refractivity contribution < 1.29 is 9.84 Å². The zero-order valence-electron chi connectivity index (χ0n) is 18.7. The zero-order valence-corrected chi connectivity index (χ0v) is 18.7. The fraction of sp³-hybridized carbons (Fsp3) is 0.370. The molecule has 3 heterocycles. The van der Waals surface area contributed by atoms with Crippen LogP contribution in [0.2, 0.25) is 0 Å². The van der Waals surface area contributed by atoms with Crippen LogP contribution in [0.25, 0.3) is 21.8 Å². The lowest BCUT2D eigenvalue weighted by molar-refractivity contribution is 0.168. The summed E-state index contributed by atoms with van der Waals surface area (Å²) >= 11 is 0. The van der Waals surface area contributed by atoms with Gasteiger partial charge < -0.3 is 14.4 Å². The van der Waals surface area contributed by atoms with E-state index in [1.54, 1.807) is 0 Å². The number of aryl methyl sites for hydroxylation is 1. The third-order valence-electron chi connectivity index (χ3n) is 6.67. The van der Waals surface area contributed by atoms with Gasteiger partial charge >= 0.3 is 0 Å². The molecule has 5 nitrogen and oxygen atoms in total. The molecule has 0 bridgehead atoms. The number of hydrogen-bond donors (Lipinski definition) is 1. The van der Waals surface area contributed by atoms with Crippen molar-refractivity contribution in [3.8, 4) is 11.6 Å². The third kappa shape index (κ3) is 4.17. The lowest BCUT2D eigenvalue weighted by atomic mass is 9.93. The maximum atomic E-state index is 11.0. The van der Waals surface area contributed by atoms with Gasteiger partial charge in [-0.1, -0.05) is 42.5 Å². The summed E-state index contributed by atoms with van der Waals surface area (Å²) in [5.41, 5.74) is 3.08. The lowest BCUT2D eigenvalue weighted by Gasteiger charge is -2.32. The summed E-state index contributed by atoms with van der Waals surface area (Å²) < 4.78 is 7.92. The van der Waals surface area contributed by atoms with E-state index < -0.39 is 0 Å². The van der Waals surface area contributed by atoms with Gasteiger partial charge in [-0.15, -0.1) is 0 Å². The zero-order chi connectivity index (χ0) is 21.9. The van der Waals surface area contributed by atoms with Gasteiger partial charge in [0.1, 0.15) is 11.1 Å². The molecule has 0 spiro atoms. The number of benzene rings is 2. The Morgan fingerprint density at radius 3 is 2.53 bits per heavy atom. The number of fused-ring (bicyclic) bond motifs is 2. The van der Waals surface area contributed by atoms with E-state index in [9.17, 15) is 5.11 Å². The maximum absolute atomic E-state index is 11.0. The SMILES string of the molecule is CCOc1c2ccccc2nc2cn(CCC3CCN(Cc4ccccc4)CC3)c(O)c12. The molecule has 0 saturated carbocycles. The molecular weight excluding hydrogens is 398 g/mol. The largest absolute Gasteiger partial charge is 0.494 e. The molecule has 1 fully saturated rings. The summed E-state index contributed by atoms with van der Waals surface area (Å²) in [6.07, 6.45) is 5.46. The van der Waals surface area contributed by atoms with E-state index in [4.69, 9.17) is 9.72 Å². The van der Waals surface area contributed by atoms with Gasteiger partial charge in [0.2, 0.25) is 5.88 Å². The molecule has 5 rings (SSSR count). The Hall–Kier alpha value is -3.05. The van der Waals surface area contributed by atoms with Crippen molar-refractivity contribution in [1.82, 2.24) is 14.5 Å². The van der Waals surface area contributed by atoms with Crippen molar-refractivity contribution >= 4 is 21.8 Å². The van der Waals surface area contributed by atoms with Crippen molar-refractivity contribution in [2.24, 2.45) is 5.92 Å². The molecule has 0 radical (unpaired) electrons. The number of likely N-dealkylation sites (tertiary alicyclic amines) is 1. The van der Waals surface area contributed by atoms with E-state index in [1.165, 1.54) is 18.4 Å². The molecule has 1 N–H and O–H groups in total. The molecule has 0 aliphatic carbocycles. The second-order valence-electron chi connectivity index (χ2n) is 8.79. The third-order valence-corrected chi connectivity index (χ3v) is 6.67. The summed E-state index contributed by atoms with van der Waals surface area (Å²) in [5.74, 6) is 1.69. The summed E-state index contributed by atoms with van der Waals surface area (Å²) in [7, 11) is 0. The Labute approximate surface area is 189 Å². The maximum Gasteiger partial charge on any atom is 0.204 e. The van der Waals surface area contributed by atoms with Gasteiger partial charge in [0.15, 0.2) is 0 Å². The van der Waals surface area contributed by atoms with Crippen molar-refractivity contribution in [1.29, 1.82) is 0 Å². The van der Waals surface area contributed by atoms with Crippen LogP contribution in [0.1, 0.15) is 31.7 Å². The van der Waals surface area contributed by atoms with Gasteiger partial charge in [-0.05, 0) is 62.9 Å². The van der Waals surface area contributed by atoms with E-state index >= 15 is 0 Å². The van der Waals surface area contributed by atoms with E-state index in [2.05, 4.69) is 35.2 Å². The van der Waals surface area contributed by atoms with Gasteiger partial charge in [-0.25, -0.2) is 4.98 Å². The fourth-order valence-electron chi connectivity index (χ4n) is 4.92. The first-order chi connectivity index (χ1) is 15.7. The highest BCUT2D eigenvalue weighted by Gasteiger charge is 2.21. The molecule has 1 saturated heterocycles. The average molecular weight is 430 g/mol. The molecule has 0 unspecified atom stereocenters. The monoisotopic (exact) mass is 429 g/mol. The van der Waals surface area contributed by atoms with E-state index in [0.29, 0.717) is 12.5 Å². The average Bonchev–Trinajstić information content (AvgIpc) is 3.14. The van der Waals surface area contributed by atoms with Gasteiger partial charge in [-0.2, -0.15) is 0 Å². The Morgan fingerprint density at radius 1 is 1.00 bits per heavy atom. The van der Waals surface area contributed by atoms with Crippen LogP contribution in [0.4, 0.5) is 0 Å². The summed E-state index contributed by atoms with van der Waals surface area (Å²) in [5, 5.41) is 12.7.